The van der Waals surface area contributed by atoms with Crippen molar-refractivity contribution < 1.29 is 14.0 Å². The molecule has 4 N–H and O–H groups in total. The van der Waals surface area contributed by atoms with Crippen LogP contribution in [0.3, 0.4) is 0 Å². The highest BCUT2D eigenvalue weighted by Crippen LogP contribution is 2.13. The van der Waals surface area contributed by atoms with Crippen LogP contribution < -0.4 is 21.5 Å². The third-order valence-electron chi connectivity index (χ3n) is 3.57. The number of nitrogens with one attached hydrogen (secondary N) is 4. The molecule has 2 aromatic carbocycles. The lowest BCUT2D eigenvalue weighted by Gasteiger charge is -2.15. The molecule has 0 heterocycles. The lowest BCUT2D eigenvalue weighted by molar-refractivity contribution is -0.120. The molecule has 0 fully saturated rings. The number of aryl methyl sites for hydroxylation is 1. The number of hydrazine groups is 1. The molecule has 6 nitrogen and oxygen atoms in total. The number of amides is 2. The van der Waals surface area contributed by atoms with E-state index >= 15 is 0 Å². The van der Waals surface area contributed by atoms with Crippen molar-refractivity contribution >= 4 is 52.3 Å². The fraction of sp³-hybridized carbons (Fsp3) is 0.211. The lowest BCUT2D eigenvalue weighted by atomic mass is 10.2. The maximum atomic E-state index is 12.9. The Morgan fingerprint density at radius 1 is 1.00 bits per heavy atom. The van der Waals surface area contributed by atoms with Gasteiger partial charge in [0.2, 0.25) is 5.91 Å². The van der Waals surface area contributed by atoms with E-state index in [1.54, 1.807) is 6.92 Å². The zero-order chi connectivity index (χ0) is 20.5. The Hall–Kier alpha value is -2.65. The molecule has 0 aliphatic carbocycles. The Bertz CT molecular complexity index is 829. The average Bonchev–Trinajstić information content (AvgIpc) is 2.67. The van der Waals surface area contributed by atoms with Gasteiger partial charge in [-0.1, -0.05) is 17.7 Å². The van der Waals surface area contributed by atoms with Gasteiger partial charge in [0.15, 0.2) is 5.11 Å². The normalized spacial score (nSPS) is 11.2. The van der Waals surface area contributed by atoms with E-state index in [0.29, 0.717) is 11.4 Å². The molecular formula is C19H21FN4O2S2. The van der Waals surface area contributed by atoms with Crippen LogP contribution in [0.5, 0.6) is 0 Å². The van der Waals surface area contributed by atoms with Crippen molar-refractivity contribution in [1.29, 1.82) is 0 Å². The zero-order valence-electron chi connectivity index (χ0n) is 15.4. The quantitative estimate of drug-likeness (QED) is 0.424. The number of thioether (sulfide) groups is 1. The molecule has 0 unspecified atom stereocenters. The molecule has 28 heavy (non-hydrogen) atoms. The summed E-state index contributed by atoms with van der Waals surface area (Å²) in [5, 5.41) is 5.29. The van der Waals surface area contributed by atoms with Gasteiger partial charge >= 0.3 is 0 Å². The summed E-state index contributed by atoms with van der Waals surface area (Å²) >= 11 is 6.26. The molecule has 148 valence electrons. The number of thiocarbonyl (C=S) groups is 1. The molecule has 0 aliphatic heterocycles. The molecule has 2 aromatic rings. The summed E-state index contributed by atoms with van der Waals surface area (Å²) in [5.74, 6) is -0.720. The van der Waals surface area contributed by atoms with Gasteiger partial charge in [-0.25, -0.2) is 4.39 Å². The summed E-state index contributed by atoms with van der Waals surface area (Å²) in [6.45, 7) is 3.66. The van der Waals surface area contributed by atoms with E-state index < -0.39 is 5.25 Å². The fourth-order valence-electron chi connectivity index (χ4n) is 2.03. The number of hydrogen-bond acceptors (Lipinski definition) is 4. The fourth-order valence-corrected chi connectivity index (χ4v) is 2.88. The van der Waals surface area contributed by atoms with Gasteiger partial charge in [-0.15, -0.1) is 11.8 Å². The van der Waals surface area contributed by atoms with E-state index in [4.69, 9.17) is 12.2 Å². The van der Waals surface area contributed by atoms with Crippen LogP contribution in [0, 0.1) is 12.7 Å². The molecule has 0 spiro atoms. The zero-order valence-corrected chi connectivity index (χ0v) is 17.0. The van der Waals surface area contributed by atoms with Gasteiger partial charge in [-0.2, -0.15) is 0 Å². The Balaban J connectivity index is 1.68. The molecule has 0 saturated heterocycles. The summed E-state index contributed by atoms with van der Waals surface area (Å²) < 4.78 is 12.9. The number of benzene rings is 2. The summed E-state index contributed by atoms with van der Waals surface area (Å²) in [6, 6.07) is 13.1. The first kappa shape index (κ1) is 21.6. The standard InChI is InChI=1S/C19H21FN4O2S2/c1-12-3-7-15(8-4-12)21-17(25)11-28-13(2)18(26)23-24-19(27)22-16-9-5-14(20)6-10-16/h3-10,13H,11H2,1-2H3,(H,21,25)(H,23,26)(H2,22,24,27)/t13-/m0/s1. The molecule has 0 aliphatic rings. The van der Waals surface area contributed by atoms with Gasteiger partial charge in [-0.05, 0) is 62.5 Å². The van der Waals surface area contributed by atoms with Crippen LogP contribution in [0.25, 0.3) is 0 Å². The first-order valence-electron chi connectivity index (χ1n) is 8.44. The van der Waals surface area contributed by atoms with Crippen molar-refractivity contribution in [2.75, 3.05) is 16.4 Å². The highest BCUT2D eigenvalue weighted by Gasteiger charge is 2.15. The second kappa shape index (κ2) is 10.6. The van der Waals surface area contributed by atoms with Crippen LogP contribution >= 0.6 is 24.0 Å². The van der Waals surface area contributed by atoms with Gasteiger partial charge in [0.1, 0.15) is 5.82 Å². The summed E-state index contributed by atoms with van der Waals surface area (Å²) in [7, 11) is 0. The number of hydrogen-bond donors (Lipinski definition) is 4. The van der Waals surface area contributed by atoms with E-state index in [9.17, 15) is 14.0 Å². The Morgan fingerprint density at radius 3 is 2.21 bits per heavy atom. The molecule has 9 heteroatoms. The van der Waals surface area contributed by atoms with Gasteiger partial charge in [-0.3, -0.25) is 20.4 Å². The number of carbonyl (C=O) groups excluding carboxylic acids is 2. The van der Waals surface area contributed by atoms with E-state index in [2.05, 4.69) is 21.5 Å². The smallest absolute Gasteiger partial charge is 0.251 e. The number of rotatable bonds is 6. The summed E-state index contributed by atoms with van der Waals surface area (Å²) in [5.41, 5.74) is 7.46. The van der Waals surface area contributed by atoms with Gasteiger partial charge < -0.3 is 10.6 Å². The van der Waals surface area contributed by atoms with Crippen molar-refractivity contribution in [3.63, 3.8) is 0 Å². The van der Waals surface area contributed by atoms with Crippen LogP contribution in [-0.2, 0) is 9.59 Å². The van der Waals surface area contributed by atoms with Crippen LogP contribution in [0.15, 0.2) is 48.5 Å². The van der Waals surface area contributed by atoms with Gasteiger partial charge in [0.05, 0.1) is 11.0 Å². The van der Waals surface area contributed by atoms with Crippen molar-refractivity contribution in [3.8, 4) is 0 Å². The molecule has 0 aromatic heterocycles. The molecule has 2 amide bonds. The highest BCUT2D eigenvalue weighted by atomic mass is 32.2. The van der Waals surface area contributed by atoms with Crippen LogP contribution in [0.2, 0.25) is 0 Å². The van der Waals surface area contributed by atoms with Crippen molar-refractivity contribution in [2.24, 2.45) is 0 Å². The minimum absolute atomic E-state index is 0.140. The predicted octanol–water partition coefficient (Wildman–Crippen LogP) is 3.21. The second-order valence-corrected chi connectivity index (χ2v) is 7.68. The van der Waals surface area contributed by atoms with E-state index in [0.717, 1.165) is 5.56 Å². The SMILES string of the molecule is Cc1ccc(NC(=O)CS[C@@H](C)C(=O)NNC(=S)Nc2ccc(F)cc2)cc1. The third kappa shape index (κ3) is 7.53. The molecule has 1 atom stereocenters. The third-order valence-corrected chi connectivity index (χ3v) is 4.92. The molecule has 0 saturated carbocycles. The highest BCUT2D eigenvalue weighted by molar-refractivity contribution is 8.01. The second-order valence-electron chi connectivity index (χ2n) is 5.94. The Kier molecular flexibility index (Phi) is 8.21. The van der Waals surface area contributed by atoms with Crippen LogP contribution in [-0.4, -0.2) is 27.9 Å². The first-order chi connectivity index (χ1) is 13.3. The molecule has 0 bridgehead atoms. The predicted molar refractivity (Wildman–Crippen MR) is 116 cm³/mol. The molecular weight excluding hydrogens is 399 g/mol. The van der Waals surface area contributed by atoms with E-state index in [1.807, 2.05) is 31.2 Å². The molecule has 2 rings (SSSR count). The van der Waals surface area contributed by atoms with Gasteiger partial charge in [0.25, 0.3) is 5.91 Å². The lowest BCUT2D eigenvalue weighted by Crippen LogP contribution is -2.46. The topological polar surface area (TPSA) is 82.3 Å². The van der Waals surface area contributed by atoms with Crippen LogP contribution in [0.1, 0.15) is 12.5 Å². The minimum Gasteiger partial charge on any atom is -0.331 e. The summed E-state index contributed by atoms with van der Waals surface area (Å²) in [6.07, 6.45) is 0. The number of halogens is 1. The van der Waals surface area contributed by atoms with Crippen LogP contribution in [0.4, 0.5) is 15.8 Å². The number of carbonyl (C=O) groups is 2. The Labute approximate surface area is 172 Å². The Morgan fingerprint density at radius 2 is 1.57 bits per heavy atom. The maximum absolute atomic E-state index is 12.9. The van der Waals surface area contributed by atoms with Gasteiger partial charge in [0, 0.05) is 11.4 Å². The maximum Gasteiger partial charge on any atom is 0.251 e. The average molecular weight is 421 g/mol. The molecule has 0 radical (unpaired) electrons. The summed E-state index contributed by atoms with van der Waals surface area (Å²) in [4.78, 5) is 24.1. The van der Waals surface area contributed by atoms with E-state index in [-0.39, 0.29) is 28.5 Å². The largest absolute Gasteiger partial charge is 0.331 e. The van der Waals surface area contributed by atoms with Crippen molar-refractivity contribution in [3.05, 3.63) is 59.9 Å². The van der Waals surface area contributed by atoms with Crippen molar-refractivity contribution in [2.45, 2.75) is 19.1 Å². The monoisotopic (exact) mass is 420 g/mol. The minimum atomic E-state index is -0.468. The first-order valence-corrected chi connectivity index (χ1v) is 9.90. The van der Waals surface area contributed by atoms with Crippen molar-refractivity contribution in [1.82, 2.24) is 10.9 Å². The van der Waals surface area contributed by atoms with E-state index in [1.165, 1.54) is 36.0 Å². The number of anilines is 2.